The summed E-state index contributed by atoms with van der Waals surface area (Å²) < 4.78 is 43.2. The number of ether oxygens (including phenoxy) is 7. The Bertz CT molecular complexity index is 953. The van der Waals surface area contributed by atoms with Crippen LogP contribution in [0.5, 0.6) is 0 Å². The fourth-order valence-electron chi connectivity index (χ4n) is 5.72. The average molecular weight is 533 g/mol. The van der Waals surface area contributed by atoms with E-state index < -0.39 is 48.4 Å². The minimum absolute atomic E-state index is 0.00550. The van der Waals surface area contributed by atoms with Gasteiger partial charge in [-0.2, -0.15) is 0 Å². The zero-order valence-electron chi connectivity index (χ0n) is 22.7. The predicted molar refractivity (Wildman–Crippen MR) is 137 cm³/mol. The van der Waals surface area contributed by atoms with Gasteiger partial charge < -0.3 is 33.2 Å². The number of benzene rings is 1. The van der Waals surface area contributed by atoms with Crippen molar-refractivity contribution in [2.45, 2.75) is 102 Å². The lowest BCUT2D eigenvalue weighted by Crippen LogP contribution is -2.69. The smallest absolute Gasteiger partial charge is 0.303 e. The van der Waals surface area contributed by atoms with E-state index in [0.29, 0.717) is 32.3 Å². The van der Waals surface area contributed by atoms with Gasteiger partial charge in [0.2, 0.25) is 0 Å². The van der Waals surface area contributed by atoms with E-state index >= 15 is 0 Å². The maximum atomic E-state index is 12.3. The molecular weight excluding hydrogens is 492 g/mol. The summed E-state index contributed by atoms with van der Waals surface area (Å²) >= 11 is 0. The molecule has 1 aromatic rings. The van der Waals surface area contributed by atoms with Crippen LogP contribution in [0.4, 0.5) is 0 Å². The highest BCUT2D eigenvalue weighted by molar-refractivity contribution is 5.66. The number of hydrogen-bond donors (Lipinski definition) is 0. The zero-order valence-corrected chi connectivity index (χ0v) is 22.7. The molecule has 9 heteroatoms. The van der Waals surface area contributed by atoms with Gasteiger partial charge in [0.25, 0.3) is 0 Å². The van der Waals surface area contributed by atoms with Crippen molar-refractivity contribution in [1.82, 2.24) is 0 Å². The Morgan fingerprint density at radius 1 is 1.13 bits per heavy atom. The van der Waals surface area contributed by atoms with Gasteiger partial charge in [0.05, 0.1) is 25.4 Å². The quantitative estimate of drug-likeness (QED) is 0.312. The van der Waals surface area contributed by atoms with Crippen LogP contribution in [0, 0.1) is 5.92 Å². The molecular formula is C29H40O9. The molecule has 38 heavy (non-hydrogen) atoms. The second-order valence-corrected chi connectivity index (χ2v) is 10.5. The zero-order chi connectivity index (χ0) is 27.3. The maximum Gasteiger partial charge on any atom is 0.303 e. The molecule has 3 saturated heterocycles. The minimum atomic E-state index is -1.12. The standard InChI is InChI=1S/C29H40O9/c1-6-10-22-13-14-29(32-5)28(36-22)27(35-20(4)31)25-26(38-29)24(34-17-21-11-8-7-9-12-21)23(37-25)15-18(2)16-33-19(3)30/h6-9,11-12,18,22-28H,1,10,13-17H2,2-5H3/t18-,22-,23-,24+,25-,26+,27+,28-,29?/m1/s1. The lowest BCUT2D eigenvalue weighted by molar-refractivity contribution is -0.382. The van der Waals surface area contributed by atoms with Crippen molar-refractivity contribution < 1.29 is 42.7 Å². The van der Waals surface area contributed by atoms with Gasteiger partial charge in [-0.3, -0.25) is 9.59 Å². The molecule has 0 aliphatic carbocycles. The molecule has 1 aromatic carbocycles. The molecule has 1 unspecified atom stereocenters. The number of rotatable bonds is 11. The van der Waals surface area contributed by atoms with Gasteiger partial charge in [-0.1, -0.05) is 43.3 Å². The summed E-state index contributed by atoms with van der Waals surface area (Å²) in [6.07, 6.45) is 0.726. The van der Waals surface area contributed by atoms with Crippen LogP contribution in [0.1, 0.15) is 52.0 Å². The monoisotopic (exact) mass is 532 g/mol. The largest absolute Gasteiger partial charge is 0.466 e. The number of carbonyl (C=O) groups is 2. The van der Waals surface area contributed by atoms with E-state index in [1.165, 1.54) is 13.8 Å². The highest BCUT2D eigenvalue weighted by atomic mass is 16.8. The van der Waals surface area contributed by atoms with Crippen molar-refractivity contribution >= 4 is 11.9 Å². The first-order valence-electron chi connectivity index (χ1n) is 13.4. The van der Waals surface area contributed by atoms with Gasteiger partial charge in [0.15, 0.2) is 18.0 Å². The summed E-state index contributed by atoms with van der Waals surface area (Å²) in [5, 5.41) is 0. The van der Waals surface area contributed by atoms with Gasteiger partial charge in [-0.15, -0.1) is 6.58 Å². The molecule has 0 saturated carbocycles. The van der Waals surface area contributed by atoms with Crippen LogP contribution in [0.15, 0.2) is 43.0 Å². The molecule has 0 aromatic heterocycles. The Balaban J connectivity index is 1.62. The summed E-state index contributed by atoms with van der Waals surface area (Å²) in [5.41, 5.74) is 1.02. The lowest BCUT2D eigenvalue weighted by atomic mass is 9.84. The highest BCUT2D eigenvalue weighted by Gasteiger charge is 2.65. The van der Waals surface area contributed by atoms with E-state index in [1.54, 1.807) is 7.11 Å². The predicted octanol–water partition coefficient (Wildman–Crippen LogP) is 3.73. The van der Waals surface area contributed by atoms with Gasteiger partial charge >= 0.3 is 11.9 Å². The van der Waals surface area contributed by atoms with Crippen LogP contribution in [-0.4, -0.2) is 74.2 Å². The first-order valence-corrected chi connectivity index (χ1v) is 13.4. The van der Waals surface area contributed by atoms with Crippen LogP contribution in [0.3, 0.4) is 0 Å². The lowest BCUT2D eigenvalue weighted by Gasteiger charge is -2.53. The van der Waals surface area contributed by atoms with Crippen LogP contribution < -0.4 is 0 Å². The average Bonchev–Trinajstić information content (AvgIpc) is 3.23. The van der Waals surface area contributed by atoms with E-state index in [2.05, 4.69) is 6.58 Å². The van der Waals surface area contributed by atoms with Crippen LogP contribution in [-0.2, 0) is 49.4 Å². The Hall–Kier alpha value is -2.30. The Kier molecular flexibility index (Phi) is 9.59. The van der Waals surface area contributed by atoms with Gasteiger partial charge in [0.1, 0.15) is 18.3 Å². The number of methoxy groups -OCH3 is 1. The first kappa shape index (κ1) is 28.7. The summed E-state index contributed by atoms with van der Waals surface area (Å²) in [7, 11) is 1.59. The van der Waals surface area contributed by atoms with Crippen molar-refractivity contribution in [2.24, 2.45) is 5.92 Å². The summed E-state index contributed by atoms with van der Waals surface area (Å²) in [5.74, 6) is -1.88. The van der Waals surface area contributed by atoms with Crippen molar-refractivity contribution in [3.63, 3.8) is 0 Å². The van der Waals surface area contributed by atoms with Gasteiger partial charge in [-0.25, -0.2) is 0 Å². The molecule has 0 bridgehead atoms. The third kappa shape index (κ3) is 6.46. The maximum absolute atomic E-state index is 12.3. The van der Waals surface area contributed by atoms with E-state index in [4.69, 9.17) is 33.2 Å². The number of carbonyl (C=O) groups excluding carboxylic acids is 2. The second-order valence-electron chi connectivity index (χ2n) is 10.5. The van der Waals surface area contributed by atoms with Crippen molar-refractivity contribution in [1.29, 1.82) is 0 Å². The number of hydrogen-bond acceptors (Lipinski definition) is 9. The Morgan fingerprint density at radius 2 is 1.89 bits per heavy atom. The summed E-state index contributed by atoms with van der Waals surface area (Å²) in [6.45, 7) is 9.22. The molecule has 0 spiro atoms. The molecule has 3 aliphatic rings. The highest BCUT2D eigenvalue weighted by Crippen LogP contribution is 2.48. The molecule has 210 valence electrons. The number of esters is 2. The molecule has 4 rings (SSSR count). The number of fused-ring (bicyclic) bond motifs is 2. The normalized spacial score (nSPS) is 35.0. The fraction of sp³-hybridized carbons (Fsp3) is 0.655. The molecule has 0 amide bonds. The van der Waals surface area contributed by atoms with Gasteiger partial charge in [0, 0.05) is 27.4 Å². The molecule has 3 fully saturated rings. The van der Waals surface area contributed by atoms with Crippen molar-refractivity contribution in [3.8, 4) is 0 Å². The summed E-state index contributed by atoms with van der Waals surface area (Å²) in [6, 6.07) is 9.87. The molecule has 0 N–H and O–H groups in total. The molecule has 9 nitrogen and oxygen atoms in total. The molecule has 9 atom stereocenters. The van der Waals surface area contributed by atoms with E-state index in [9.17, 15) is 9.59 Å². The Labute approximate surface area is 224 Å². The van der Waals surface area contributed by atoms with E-state index in [0.717, 1.165) is 5.56 Å². The second kappa shape index (κ2) is 12.7. The van der Waals surface area contributed by atoms with Gasteiger partial charge in [-0.05, 0) is 30.7 Å². The van der Waals surface area contributed by atoms with Crippen molar-refractivity contribution in [3.05, 3.63) is 48.6 Å². The third-order valence-electron chi connectivity index (χ3n) is 7.46. The first-order chi connectivity index (χ1) is 18.3. The summed E-state index contributed by atoms with van der Waals surface area (Å²) in [4.78, 5) is 23.6. The van der Waals surface area contributed by atoms with Crippen LogP contribution in [0.25, 0.3) is 0 Å². The topological polar surface area (TPSA) is 98.8 Å². The van der Waals surface area contributed by atoms with E-state index in [1.807, 2.05) is 43.3 Å². The fourth-order valence-corrected chi connectivity index (χ4v) is 5.72. The Morgan fingerprint density at radius 3 is 2.55 bits per heavy atom. The molecule has 3 heterocycles. The van der Waals surface area contributed by atoms with Crippen LogP contribution >= 0.6 is 0 Å². The van der Waals surface area contributed by atoms with Crippen molar-refractivity contribution in [2.75, 3.05) is 13.7 Å². The van der Waals surface area contributed by atoms with Crippen LogP contribution in [0.2, 0.25) is 0 Å². The molecule has 3 aliphatic heterocycles. The molecule has 0 radical (unpaired) electrons. The minimum Gasteiger partial charge on any atom is -0.466 e. The third-order valence-corrected chi connectivity index (χ3v) is 7.46. The SMILES string of the molecule is C=CC[C@@H]1CCC2(OC)O[C@@H]3[C@@H](O[C@H](C[C@@H](C)COC(C)=O)[C@@H]3OCc3ccccc3)[C@H](OC(C)=O)[C@H]2O1. The van der Waals surface area contributed by atoms with E-state index in [-0.39, 0.29) is 24.6 Å².